The highest BCUT2D eigenvalue weighted by Crippen LogP contribution is 2.35. The third-order valence-electron chi connectivity index (χ3n) is 5.57. The van der Waals surface area contributed by atoms with Crippen LogP contribution in [0.2, 0.25) is 0 Å². The fraction of sp³-hybridized carbons (Fsp3) is 0.435. The summed E-state index contributed by atoms with van der Waals surface area (Å²) in [5, 5.41) is 3.22. The van der Waals surface area contributed by atoms with Gasteiger partial charge in [-0.15, -0.1) is 0 Å². The topological polar surface area (TPSA) is 64.6 Å². The fourth-order valence-corrected chi connectivity index (χ4v) is 5.49. The molecule has 2 heterocycles. The molecule has 5 nitrogen and oxygen atoms in total. The lowest BCUT2D eigenvalue weighted by Crippen LogP contribution is -2.25. The van der Waals surface area contributed by atoms with Gasteiger partial charge in [0.1, 0.15) is 5.75 Å². The van der Waals surface area contributed by atoms with E-state index in [9.17, 15) is 9.00 Å². The summed E-state index contributed by atoms with van der Waals surface area (Å²) >= 11 is 0. The van der Waals surface area contributed by atoms with Crippen molar-refractivity contribution in [2.24, 2.45) is 0 Å². The average Bonchev–Trinajstić information content (AvgIpc) is 2.75. The highest BCUT2D eigenvalue weighted by Gasteiger charge is 2.24. The number of rotatable bonds is 6. The highest BCUT2D eigenvalue weighted by molar-refractivity contribution is 7.84. The van der Waals surface area contributed by atoms with Gasteiger partial charge in [0.15, 0.2) is 0 Å². The highest BCUT2D eigenvalue weighted by atomic mass is 32.2. The Morgan fingerprint density at radius 3 is 2.72 bits per heavy atom. The lowest BCUT2D eigenvalue weighted by atomic mass is 9.90. The summed E-state index contributed by atoms with van der Waals surface area (Å²) in [6.07, 6.45) is 2.98. The zero-order chi connectivity index (χ0) is 20.1. The molecule has 2 aromatic carbocycles. The Morgan fingerprint density at radius 2 is 1.86 bits per heavy atom. The first kappa shape index (κ1) is 20.1. The Balaban J connectivity index is 1.35. The Labute approximate surface area is 174 Å². The van der Waals surface area contributed by atoms with E-state index in [1.165, 1.54) is 0 Å². The molecule has 29 heavy (non-hydrogen) atoms. The van der Waals surface area contributed by atoms with Gasteiger partial charge in [0.2, 0.25) is 5.91 Å². The molecule has 1 N–H and O–H groups in total. The molecule has 0 bridgehead atoms. The van der Waals surface area contributed by atoms with Crippen LogP contribution >= 0.6 is 0 Å². The molecule has 0 spiro atoms. The Hall–Kier alpha value is -2.18. The fourth-order valence-electron chi connectivity index (χ4n) is 4.02. The Morgan fingerprint density at radius 1 is 1.03 bits per heavy atom. The second-order valence-electron chi connectivity index (χ2n) is 7.66. The van der Waals surface area contributed by atoms with Crippen molar-refractivity contribution in [3.63, 3.8) is 0 Å². The van der Waals surface area contributed by atoms with Crippen LogP contribution in [-0.4, -0.2) is 35.2 Å². The number of benzene rings is 2. The summed E-state index contributed by atoms with van der Waals surface area (Å²) in [5.74, 6) is 1.56. The molecule has 0 radical (unpaired) electrons. The number of carbonyl (C=O) groups excluding carboxylic acids is 1. The minimum Gasteiger partial charge on any atom is -0.493 e. The van der Waals surface area contributed by atoms with Gasteiger partial charge in [-0.1, -0.05) is 30.3 Å². The van der Waals surface area contributed by atoms with Crippen LogP contribution in [-0.2, 0) is 26.1 Å². The SMILES string of the molecule is O=C(CC1CCOc2ccccc21)Nc1cccc(CS(=O)C2CCOCC2)c1. The average molecular weight is 414 g/mol. The van der Waals surface area contributed by atoms with Gasteiger partial charge in [0.05, 0.1) is 6.61 Å². The van der Waals surface area contributed by atoms with Crippen LogP contribution in [0.25, 0.3) is 0 Å². The minimum atomic E-state index is -0.916. The summed E-state index contributed by atoms with van der Waals surface area (Å²) in [4.78, 5) is 12.6. The maximum atomic E-state index is 12.6. The zero-order valence-corrected chi connectivity index (χ0v) is 17.3. The molecule has 6 heteroatoms. The number of ether oxygens (including phenoxy) is 2. The predicted molar refractivity (Wildman–Crippen MR) is 115 cm³/mol. The summed E-state index contributed by atoms with van der Waals surface area (Å²) in [6, 6.07) is 15.7. The summed E-state index contributed by atoms with van der Waals surface area (Å²) in [6.45, 7) is 2.03. The first-order chi connectivity index (χ1) is 14.2. The Bertz CT molecular complexity index is 879. The summed E-state index contributed by atoms with van der Waals surface area (Å²) in [5.41, 5.74) is 2.86. The molecule has 2 unspecified atom stereocenters. The van der Waals surface area contributed by atoms with Gasteiger partial charge >= 0.3 is 0 Å². The third kappa shape index (κ3) is 5.25. The Kier molecular flexibility index (Phi) is 6.62. The van der Waals surface area contributed by atoms with Gasteiger partial charge in [-0.2, -0.15) is 0 Å². The van der Waals surface area contributed by atoms with E-state index in [-0.39, 0.29) is 17.1 Å². The number of fused-ring (bicyclic) bond motifs is 1. The smallest absolute Gasteiger partial charge is 0.224 e. The second-order valence-corrected chi connectivity index (χ2v) is 9.38. The number of para-hydroxylation sites is 1. The minimum absolute atomic E-state index is 0.00518. The molecule has 1 amide bonds. The van der Waals surface area contributed by atoms with Crippen molar-refractivity contribution < 1.29 is 18.5 Å². The maximum Gasteiger partial charge on any atom is 0.224 e. The molecule has 2 aromatic rings. The van der Waals surface area contributed by atoms with E-state index in [4.69, 9.17) is 9.47 Å². The van der Waals surface area contributed by atoms with Crippen molar-refractivity contribution >= 4 is 22.4 Å². The molecule has 0 aliphatic carbocycles. The van der Waals surface area contributed by atoms with Gasteiger partial charge in [0, 0.05) is 47.1 Å². The van der Waals surface area contributed by atoms with E-state index in [1.807, 2.05) is 48.5 Å². The normalized spacial score (nSPS) is 20.3. The molecule has 1 fully saturated rings. The van der Waals surface area contributed by atoms with Crippen molar-refractivity contribution in [3.05, 3.63) is 59.7 Å². The standard InChI is InChI=1S/C23H27NO4S/c25-23(15-18-8-13-28-22-7-2-1-6-21(18)22)24-19-5-3-4-17(14-19)16-29(26)20-9-11-27-12-10-20/h1-7,14,18,20H,8-13,15-16H2,(H,24,25). The van der Waals surface area contributed by atoms with E-state index in [2.05, 4.69) is 5.32 Å². The molecular weight excluding hydrogens is 386 g/mol. The van der Waals surface area contributed by atoms with Crippen LogP contribution in [0.15, 0.2) is 48.5 Å². The first-order valence-electron chi connectivity index (χ1n) is 10.2. The van der Waals surface area contributed by atoms with E-state index in [0.29, 0.717) is 32.0 Å². The molecule has 2 aliphatic rings. The van der Waals surface area contributed by atoms with E-state index in [1.54, 1.807) is 0 Å². The van der Waals surface area contributed by atoms with E-state index in [0.717, 1.165) is 41.8 Å². The van der Waals surface area contributed by atoms with Crippen molar-refractivity contribution in [1.29, 1.82) is 0 Å². The molecule has 2 aliphatic heterocycles. The quantitative estimate of drug-likeness (QED) is 0.777. The van der Waals surface area contributed by atoms with Crippen LogP contribution in [0.3, 0.4) is 0 Å². The maximum absolute atomic E-state index is 12.6. The number of amides is 1. The number of carbonyl (C=O) groups is 1. The van der Waals surface area contributed by atoms with Gasteiger partial charge in [-0.05, 0) is 54.5 Å². The van der Waals surface area contributed by atoms with Crippen molar-refractivity contribution in [2.45, 2.75) is 42.6 Å². The van der Waals surface area contributed by atoms with Gasteiger partial charge in [-0.3, -0.25) is 9.00 Å². The van der Waals surface area contributed by atoms with Gasteiger partial charge < -0.3 is 14.8 Å². The van der Waals surface area contributed by atoms with Gasteiger partial charge in [0.25, 0.3) is 0 Å². The molecule has 0 aromatic heterocycles. The van der Waals surface area contributed by atoms with Gasteiger partial charge in [-0.25, -0.2) is 0 Å². The number of hydrogen-bond donors (Lipinski definition) is 1. The third-order valence-corrected chi connectivity index (χ3v) is 7.41. The van der Waals surface area contributed by atoms with Crippen LogP contribution in [0.1, 0.15) is 42.7 Å². The molecule has 1 saturated heterocycles. The van der Waals surface area contributed by atoms with E-state index >= 15 is 0 Å². The summed E-state index contributed by atoms with van der Waals surface area (Å²) < 4.78 is 23.7. The molecule has 0 saturated carbocycles. The summed E-state index contributed by atoms with van der Waals surface area (Å²) in [7, 11) is -0.916. The van der Waals surface area contributed by atoms with Crippen molar-refractivity contribution in [3.8, 4) is 5.75 Å². The van der Waals surface area contributed by atoms with Crippen LogP contribution in [0.4, 0.5) is 5.69 Å². The van der Waals surface area contributed by atoms with Crippen LogP contribution < -0.4 is 10.1 Å². The zero-order valence-electron chi connectivity index (χ0n) is 16.5. The monoisotopic (exact) mass is 413 g/mol. The lowest BCUT2D eigenvalue weighted by Gasteiger charge is -2.25. The number of nitrogens with one attached hydrogen (secondary N) is 1. The number of anilines is 1. The first-order valence-corrected chi connectivity index (χ1v) is 11.6. The predicted octanol–water partition coefficient (Wildman–Crippen LogP) is 4.01. The second kappa shape index (κ2) is 9.55. The van der Waals surface area contributed by atoms with Crippen molar-refractivity contribution in [1.82, 2.24) is 0 Å². The van der Waals surface area contributed by atoms with E-state index < -0.39 is 10.8 Å². The molecule has 4 rings (SSSR count). The molecule has 2 atom stereocenters. The molecular formula is C23H27NO4S. The largest absolute Gasteiger partial charge is 0.493 e. The van der Waals surface area contributed by atoms with Crippen LogP contribution in [0, 0.1) is 0 Å². The lowest BCUT2D eigenvalue weighted by molar-refractivity contribution is -0.116. The van der Waals surface area contributed by atoms with Crippen molar-refractivity contribution in [2.75, 3.05) is 25.1 Å². The molecule has 154 valence electrons. The van der Waals surface area contributed by atoms with Crippen LogP contribution in [0.5, 0.6) is 5.75 Å². The number of hydrogen-bond acceptors (Lipinski definition) is 4.